The summed E-state index contributed by atoms with van der Waals surface area (Å²) in [7, 11) is 0. The summed E-state index contributed by atoms with van der Waals surface area (Å²) in [5.41, 5.74) is 0.361. The molecule has 1 heterocycles. The lowest BCUT2D eigenvalue weighted by Gasteiger charge is -1.95. The quantitative estimate of drug-likeness (QED) is 0.572. The Morgan fingerprint density at radius 3 is 3.09 bits per heavy atom. The Balaban J connectivity index is 3.05. The first kappa shape index (κ1) is 8.40. The zero-order valence-corrected chi connectivity index (χ0v) is 7.67. The Morgan fingerprint density at radius 2 is 2.45 bits per heavy atom. The Kier molecular flexibility index (Phi) is 2.76. The Hall–Kier alpha value is -0.700. The minimum absolute atomic E-state index is 0.0790. The second kappa shape index (κ2) is 3.62. The first-order chi connectivity index (χ1) is 5.24. The molecular formula is C7H4FIN2. The monoisotopic (exact) mass is 262 g/mol. The van der Waals surface area contributed by atoms with E-state index in [-0.39, 0.29) is 6.42 Å². The third kappa shape index (κ3) is 2.12. The maximum atomic E-state index is 12.7. The summed E-state index contributed by atoms with van der Waals surface area (Å²) >= 11 is 2.02. The molecule has 4 heteroatoms. The van der Waals surface area contributed by atoms with Crippen molar-refractivity contribution >= 4 is 22.6 Å². The normalized spacial score (nSPS) is 9.18. The molecule has 1 aromatic rings. The predicted molar refractivity (Wildman–Crippen MR) is 46.2 cm³/mol. The number of nitriles is 1. The van der Waals surface area contributed by atoms with Crippen LogP contribution in [0.25, 0.3) is 0 Å². The van der Waals surface area contributed by atoms with Crippen molar-refractivity contribution in [1.82, 2.24) is 4.98 Å². The smallest absolute Gasteiger partial charge is 0.217 e. The average Bonchev–Trinajstić information content (AvgIpc) is 1.98. The summed E-state index contributed by atoms with van der Waals surface area (Å²) in [4.78, 5) is 3.47. The van der Waals surface area contributed by atoms with Crippen LogP contribution in [0.15, 0.2) is 12.3 Å². The molecule has 0 bridgehead atoms. The van der Waals surface area contributed by atoms with Gasteiger partial charge >= 0.3 is 0 Å². The van der Waals surface area contributed by atoms with Crippen LogP contribution in [0.3, 0.4) is 0 Å². The molecule has 0 aliphatic carbocycles. The zero-order valence-electron chi connectivity index (χ0n) is 5.51. The van der Waals surface area contributed by atoms with Crippen molar-refractivity contribution in [3.8, 4) is 6.07 Å². The lowest BCUT2D eigenvalue weighted by Crippen LogP contribution is -1.93. The minimum atomic E-state index is -0.549. The van der Waals surface area contributed by atoms with Crippen LogP contribution in [-0.2, 0) is 6.42 Å². The first-order valence-corrected chi connectivity index (χ1v) is 3.99. The largest absolute Gasteiger partial charge is 0.227 e. The molecule has 0 fully saturated rings. The molecule has 0 aromatic carbocycles. The maximum Gasteiger partial charge on any atom is 0.217 e. The number of rotatable bonds is 1. The second-order valence-corrected chi connectivity index (χ2v) is 3.18. The van der Waals surface area contributed by atoms with E-state index in [1.54, 1.807) is 6.07 Å². The molecule has 0 aliphatic rings. The highest BCUT2D eigenvalue weighted by Crippen LogP contribution is 2.09. The van der Waals surface area contributed by atoms with E-state index < -0.39 is 5.95 Å². The van der Waals surface area contributed by atoms with Crippen LogP contribution in [-0.4, -0.2) is 4.98 Å². The molecule has 0 unspecified atom stereocenters. The number of halogens is 2. The lowest BCUT2D eigenvalue weighted by molar-refractivity contribution is 0.570. The molecule has 0 saturated carbocycles. The van der Waals surface area contributed by atoms with Gasteiger partial charge in [0.25, 0.3) is 0 Å². The number of hydrogen-bond donors (Lipinski definition) is 0. The van der Waals surface area contributed by atoms with Crippen LogP contribution < -0.4 is 0 Å². The number of aromatic nitrogens is 1. The summed E-state index contributed by atoms with van der Waals surface area (Å²) < 4.78 is 13.5. The predicted octanol–water partition coefficient (Wildman–Crippen LogP) is 1.89. The van der Waals surface area contributed by atoms with Crippen molar-refractivity contribution in [1.29, 1.82) is 5.26 Å². The molecule has 0 atom stereocenters. The molecule has 1 aromatic heterocycles. The van der Waals surface area contributed by atoms with Crippen molar-refractivity contribution in [3.05, 3.63) is 27.3 Å². The summed E-state index contributed by atoms with van der Waals surface area (Å²) in [5.74, 6) is -0.549. The van der Waals surface area contributed by atoms with Gasteiger partial charge in [0, 0.05) is 15.3 Å². The van der Waals surface area contributed by atoms with E-state index in [2.05, 4.69) is 4.98 Å². The van der Waals surface area contributed by atoms with Crippen LogP contribution in [0.5, 0.6) is 0 Å². The van der Waals surface area contributed by atoms with Gasteiger partial charge in [-0.3, -0.25) is 0 Å². The highest BCUT2D eigenvalue weighted by atomic mass is 127. The van der Waals surface area contributed by atoms with E-state index in [1.165, 1.54) is 6.20 Å². The standard InChI is InChI=1S/C7H4FIN2/c8-7-5(1-2-10)3-6(9)4-11-7/h3-4H,1H2. The van der Waals surface area contributed by atoms with Gasteiger partial charge in [0.05, 0.1) is 12.5 Å². The van der Waals surface area contributed by atoms with Gasteiger partial charge in [-0.25, -0.2) is 4.98 Å². The van der Waals surface area contributed by atoms with Crippen molar-refractivity contribution in [2.75, 3.05) is 0 Å². The number of hydrogen-bond acceptors (Lipinski definition) is 2. The number of pyridine rings is 1. The molecule has 0 spiro atoms. The molecule has 0 aliphatic heterocycles. The van der Waals surface area contributed by atoms with E-state index in [0.29, 0.717) is 5.56 Å². The van der Waals surface area contributed by atoms with E-state index in [1.807, 2.05) is 28.7 Å². The zero-order chi connectivity index (χ0) is 8.27. The third-order valence-corrected chi connectivity index (χ3v) is 1.74. The van der Waals surface area contributed by atoms with Crippen molar-refractivity contribution in [2.45, 2.75) is 6.42 Å². The van der Waals surface area contributed by atoms with Crippen LogP contribution in [0.2, 0.25) is 0 Å². The van der Waals surface area contributed by atoms with Gasteiger partial charge in [-0.05, 0) is 28.7 Å². The summed E-state index contributed by atoms with van der Waals surface area (Å²) in [6.07, 6.45) is 1.51. The average molecular weight is 262 g/mol. The Labute approximate surface area is 77.2 Å². The van der Waals surface area contributed by atoms with Gasteiger partial charge in [0.1, 0.15) is 0 Å². The van der Waals surface area contributed by atoms with E-state index in [9.17, 15) is 4.39 Å². The van der Waals surface area contributed by atoms with Gasteiger partial charge in [0.15, 0.2) is 0 Å². The summed E-state index contributed by atoms with van der Waals surface area (Å²) in [5, 5.41) is 8.29. The lowest BCUT2D eigenvalue weighted by atomic mass is 10.2. The van der Waals surface area contributed by atoms with Gasteiger partial charge in [0.2, 0.25) is 5.95 Å². The SMILES string of the molecule is N#CCc1cc(I)cnc1F. The fourth-order valence-corrected chi connectivity index (χ4v) is 1.19. The van der Waals surface area contributed by atoms with E-state index >= 15 is 0 Å². The molecule has 11 heavy (non-hydrogen) atoms. The van der Waals surface area contributed by atoms with Crippen LogP contribution >= 0.6 is 22.6 Å². The van der Waals surface area contributed by atoms with Gasteiger partial charge in [-0.1, -0.05) is 0 Å². The van der Waals surface area contributed by atoms with E-state index in [4.69, 9.17) is 5.26 Å². The molecule has 0 amide bonds. The maximum absolute atomic E-state index is 12.7. The van der Waals surface area contributed by atoms with Gasteiger partial charge in [-0.15, -0.1) is 0 Å². The third-order valence-electron chi connectivity index (χ3n) is 1.15. The van der Waals surface area contributed by atoms with Crippen molar-refractivity contribution in [3.63, 3.8) is 0 Å². The Morgan fingerprint density at radius 1 is 1.73 bits per heavy atom. The second-order valence-electron chi connectivity index (χ2n) is 1.94. The van der Waals surface area contributed by atoms with Crippen LogP contribution in [0, 0.1) is 20.8 Å². The molecular weight excluding hydrogens is 258 g/mol. The molecule has 0 radical (unpaired) electrons. The van der Waals surface area contributed by atoms with Crippen LogP contribution in [0.4, 0.5) is 4.39 Å². The number of nitrogens with zero attached hydrogens (tertiary/aromatic N) is 2. The molecule has 2 nitrogen and oxygen atoms in total. The molecule has 0 saturated heterocycles. The van der Waals surface area contributed by atoms with Crippen molar-refractivity contribution < 1.29 is 4.39 Å². The van der Waals surface area contributed by atoms with Gasteiger partial charge in [-0.2, -0.15) is 9.65 Å². The van der Waals surface area contributed by atoms with E-state index in [0.717, 1.165) is 3.57 Å². The van der Waals surface area contributed by atoms with Crippen molar-refractivity contribution in [2.24, 2.45) is 0 Å². The minimum Gasteiger partial charge on any atom is -0.227 e. The molecule has 56 valence electrons. The highest BCUT2D eigenvalue weighted by Gasteiger charge is 2.02. The molecule has 0 N–H and O–H groups in total. The van der Waals surface area contributed by atoms with Gasteiger partial charge < -0.3 is 0 Å². The Bertz CT molecular complexity index is 306. The molecule has 1 rings (SSSR count). The van der Waals surface area contributed by atoms with Crippen LogP contribution in [0.1, 0.15) is 5.56 Å². The summed E-state index contributed by atoms with van der Waals surface area (Å²) in [6.45, 7) is 0. The summed E-state index contributed by atoms with van der Waals surface area (Å²) in [6, 6.07) is 3.49. The topological polar surface area (TPSA) is 36.7 Å². The fraction of sp³-hybridized carbons (Fsp3) is 0.143. The fourth-order valence-electron chi connectivity index (χ4n) is 0.674. The highest BCUT2D eigenvalue weighted by molar-refractivity contribution is 14.1. The first-order valence-electron chi connectivity index (χ1n) is 2.91.